The summed E-state index contributed by atoms with van der Waals surface area (Å²) in [5, 5.41) is 9.03. The van der Waals surface area contributed by atoms with Gasteiger partial charge in [-0.05, 0) is 40.2 Å². The number of halogens is 4. The van der Waals surface area contributed by atoms with E-state index in [0.29, 0.717) is 4.47 Å². The Kier molecular flexibility index (Phi) is 4.17. The van der Waals surface area contributed by atoms with Gasteiger partial charge in [0, 0.05) is 10.7 Å². The molecule has 0 aliphatic carbocycles. The van der Waals surface area contributed by atoms with Crippen LogP contribution in [0, 0.1) is 0 Å². The maximum absolute atomic E-state index is 12.6. The average molecular weight is 362 g/mol. The average Bonchev–Trinajstić information content (AvgIpc) is 2.40. The van der Waals surface area contributed by atoms with Crippen LogP contribution < -0.4 is 4.74 Å². The molecule has 0 atom stereocenters. The van der Waals surface area contributed by atoms with E-state index in [-0.39, 0.29) is 17.2 Å². The molecule has 2 aromatic rings. The number of aromatic carboxylic acids is 1. The van der Waals surface area contributed by atoms with E-state index in [1.54, 1.807) is 0 Å². The summed E-state index contributed by atoms with van der Waals surface area (Å²) < 4.78 is 43.3. The monoisotopic (exact) mass is 361 g/mol. The summed E-state index contributed by atoms with van der Waals surface area (Å²) in [6, 6.07) is 5.36. The van der Waals surface area contributed by atoms with Crippen molar-refractivity contribution in [2.75, 3.05) is 0 Å². The molecule has 110 valence electrons. The third kappa shape index (κ3) is 3.72. The minimum atomic E-state index is -4.51. The summed E-state index contributed by atoms with van der Waals surface area (Å²) in [6.07, 6.45) is -3.22. The van der Waals surface area contributed by atoms with Gasteiger partial charge in [0.25, 0.3) is 0 Å². The van der Waals surface area contributed by atoms with Crippen LogP contribution in [0.25, 0.3) is 0 Å². The highest BCUT2D eigenvalue weighted by Crippen LogP contribution is 2.33. The summed E-state index contributed by atoms with van der Waals surface area (Å²) in [7, 11) is 0. The first kappa shape index (κ1) is 15.3. The van der Waals surface area contributed by atoms with Crippen LogP contribution in [0.1, 0.15) is 15.9 Å². The lowest BCUT2D eigenvalue weighted by Crippen LogP contribution is -2.05. The number of ether oxygens (including phenoxy) is 1. The molecular weight excluding hydrogens is 355 g/mol. The Morgan fingerprint density at radius 1 is 1.29 bits per heavy atom. The topological polar surface area (TPSA) is 59.4 Å². The molecule has 1 N–H and O–H groups in total. The molecule has 0 radical (unpaired) electrons. The quantitative estimate of drug-likeness (QED) is 0.882. The summed E-state index contributed by atoms with van der Waals surface area (Å²) >= 11 is 3.06. The molecular formula is C13H7BrF3NO3. The zero-order valence-electron chi connectivity index (χ0n) is 10.2. The van der Waals surface area contributed by atoms with Crippen molar-refractivity contribution >= 4 is 21.9 Å². The third-order valence-electron chi connectivity index (χ3n) is 2.42. The van der Waals surface area contributed by atoms with Gasteiger partial charge in [-0.3, -0.25) is 0 Å². The van der Waals surface area contributed by atoms with Gasteiger partial charge in [0.1, 0.15) is 11.3 Å². The maximum Gasteiger partial charge on any atom is 0.416 e. The van der Waals surface area contributed by atoms with Crippen LogP contribution in [0.3, 0.4) is 0 Å². The van der Waals surface area contributed by atoms with Crippen molar-refractivity contribution in [1.29, 1.82) is 0 Å². The number of alkyl halides is 3. The highest BCUT2D eigenvalue weighted by molar-refractivity contribution is 9.10. The van der Waals surface area contributed by atoms with E-state index in [1.807, 2.05) is 0 Å². The molecule has 1 aromatic heterocycles. The van der Waals surface area contributed by atoms with E-state index in [0.717, 1.165) is 18.2 Å². The number of rotatable bonds is 3. The lowest BCUT2D eigenvalue weighted by Gasteiger charge is -2.10. The number of benzene rings is 1. The van der Waals surface area contributed by atoms with Crippen molar-refractivity contribution < 1.29 is 27.8 Å². The molecule has 0 spiro atoms. The molecule has 1 heterocycles. The number of carbonyl (C=O) groups is 1. The lowest BCUT2D eigenvalue weighted by molar-refractivity contribution is -0.137. The standard InChI is InChI=1S/C13H7BrF3NO3/c14-8-5-10(12(19)20)11(18-6-8)21-9-3-1-2-7(4-9)13(15,16)17/h1-6H,(H,19,20). The molecule has 0 aliphatic rings. The summed E-state index contributed by atoms with van der Waals surface area (Å²) in [4.78, 5) is 14.8. The number of carboxylic acids is 1. The lowest BCUT2D eigenvalue weighted by atomic mass is 10.2. The second kappa shape index (κ2) is 5.72. The Hall–Kier alpha value is -2.09. The number of carboxylic acid groups (broad SMARTS) is 1. The number of pyridine rings is 1. The van der Waals surface area contributed by atoms with Crippen LogP contribution in [0.2, 0.25) is 0 Å². The third-order valence-corrected chi connectivity index (χ3v) is 2.86. The predicted molar refractivity (Wildman–Crippen MR) is 70.4 cm³/mol. The first-order valence-electron chi connectivity index (χ1n) is 5.51. The Balaban J connectivity index is 2.37. The van der Waals surface area contributed by atoms with Gasteiger partial charge < -0.3 is 9.84 Å². The second-order valence-electron chi connectivity index (χ2n) is 3.94. The van der Waals surface area contributed by atoms with Crippen LogP contribution >= 0.6 is 15.9 Å². The van der Waals surface area contributed by atoms with E-state index < -0.39 is 17.7 Å². The molecule has 0 bridgehead atoms. The smallest absolute Gasteiger partial charge is 0.416 e. The summed E-state index contributed by atoms with van der Waals surface area (Å²) in [6.45, 7) is 0. The molecule has 0 saturated heterocycles. The Labute approximate surface area is 125 Å². The molecule has 0 unspecified atom stereocenters. The van der Waals surface area contributed by atoms with Gasteiger partial charge in [0.2, 0.25) is 5.88 Å². The number of hydrogen-bond acceptors (Lipinski definition) is 3. The molecule has 0 fully saturated rings. The summed E-state index contributed by atoms with van der Waals surface area (Å²) in [5.41, 5.74) is -1.16. The SMILES string of the molecule is O=C(O)c1cc(Br)cnc1Oc1cccc(C(F)(F)F)c1. The zero-order valence-corrected chi connectivity index (χ0v) is 11.8. The molecule has 8 heteroatoms. The van der Waals surface area contributed by atoms with Gasteiger partial charge >= 0.3 is 12.1 Å². The van der Waals surface area contributed by atoms with Gasteiger partial charge in [-0.2, -0.15) is 13.2 Å². The first-order valence-corrected chi connectivity index (χ1v) is 6.30. The van der Waals surface area contributed by atoms with Crippen molar-refractivity contribution in [3.63, 3.8) is 0 Å². The van der Waals surface area contributed by atoms with Crippen LogP contribution in [-0.4, -0.2) is 16.1 Å². The van der Waals surface area contributed by atoms with Crippen molar-refractivity contribution in [3.8, 4) is 11.6 Å². The molecule has 2 rings (SSSR count). The van der Waals surface area contributed by atoms with Gasteiger partial charge in [-0.15, -0.1) is 0 Å². The van der Waals surface area contributed by atoms with Crippen molar-refractivity contribution in [2.24, 2.45) is 0 Å². The fourth-order valence-electron chi connectivity index (χ4n) is 1.51. The van der Waals surface area contributed by atoms with Gasteiger partial charge in [0.05, 0.1) is 5.56 Å². The Morgan fingerprint density at radius 2 is 2.00 bits per heavy atom. The normalized spacial score (nSPS) is 11.2. The van der Waals surface area contributed by atoms with Crippen molar-refractivity contribution in [3.05, 3.63) is 52.1 Å². The van der Waals surface area contributed by atoms with Gasteiger partial charge in [0.15, 0.2) is 0 Å². The molecule has 1 aromatic carbocycles. The minimum absolute atomic E-state index is 0.151. The first-order chi connectivity index (χ1) is 9.77. The molecule has 0 aliphatic heterocycles. The Morgan fingerprint density at radius 3 is 2.62 bits per heavy atom. The predicted octanol–water partition coefficient (Wildman–Crippen LogP) is 4.35. The van der Waals surface area contributed by atoms with E-state index in [1.165, 1.54) is 18.3 Å². The molecule has 21 heavy (non-hydrogen) atoms. The Bertz CT molecular complexity index is 689. The maximum atomic E-state index is 12.6. The van der Waals surface area contributed by atoms with E-state index in [2.05, 4.69) is 20.9 Å². The van der Waals surface area contributed by atoms with Gasteiger partial charge in [-0.25, -0.2) is 9.78 Å². The van der Waals surface area contributed by atoms with Crippen molar-refractivity contribution in [2.45, 2.75) is 6.18 Å². The summed E-state index contributed by atoms with van der Waals surface area (Å²) in [5.74, 6) is -1.74. The molecule has 4 nitrogen and oxygen atoms in total. The van der Waals surface area contributed by atoms with Crippen LogP contribution in [0.15, 0.2) is 41.0 Å². The van der Waals surface area contributed by atoms with Crippen LogP contribution in [-0.2, 0) is 6.18 Å². The van der Waals surface area contributed by atoms with E-state index in [9.17, 15) is 18.0 Å². The van der Waals surface area contributed by atoms with Gasteiger partial charge in [-0.1, -0.05) is 6.07 Å². The number of nitrogens with zero attached hydrogens (tertiary/aromatic N) is 1. The minimum Gasteiger partial charge on any atom is -0.477 e. The number of aromatic nitrogens is 1. The zero-order chi connectivity index (χ0) is 15.6. The second-order valence-corrected chi connectivity index (χ2v) is 4.85. The fraction of sp³-hybridized carbons (Fsp3) is 0.0769. The largest absolute Gasteiger partial charge is 0.477 e. The highest BCUT2D eigenvalue weighted by atomic mass is 79.9. The van der Waals surface area contributed by atoms with Crippen LogP contribution in [0.5, 0.6) is 11.6 Å². The van der Waals surface area contributed by atoms with Crippen LogP contribution in [0.4, 0.5) is 13.2 Å². The van der Waals surface area contributed by atoms with E-state index >= 15 is 0 Å². The number of hydrogen-bond donors (Lipinski definition) is 1. The van der Waals surface area contributed by atoms with E-state index in [4.69, 9.17) is 9.84 Å². The molecule has 0 amide bonds. The van der Waals surface area contributed by atoms with Crippen molar-refractivity contribution in [1.82, 2.24) is 4.98 Å². The highest BCUT2D eigenvalue weighted by Gasteiger charge is 2.30. The molecule has 0 saturated carbocycles. The fourth-order valence-corrected chi connectivity index (χ4v) is 1.84.